The van der Waals surface area contributed by atoms with Gasteiger partial charge in [-0.3, -0.25) is 9.59 Å². The van der Waals surface area contributed by atoms with Crippen LogP contribution < -0.4 is 10.6 Å². The van der Waals surface area contributed by atoms with Crippen LogP contribution in [0.25, 0.3) is 11.1 Å². The Balaban J connectivity index is 1.31. The first-order chi connectivity index (χ1) is 16.8. The monoisotopic (exact) mass is 478 g/mol. The fourth-order valence-corrected chi connectivity index (χ4v) is 5.00. The molecule has 1 saturated carbocycles. The lowest BCUT2D eigenvalue weighted by Gasteiger charge is -2.33. The molecule has 4 rings (SSSR count). The van der Waals surface area contributed by atoms with Crippen molar-refractivity contribution in [3.05, 3.63) is 59.7 Å². The third kappa shape index (κ3) is 5.19. The van der Waals surface area contributed by atoms with E-state index in [2.05, 4.69) is 34.9 Å². The van der Waals surface area contributed by atoms with E-state index in [9.17, 15) is 19.5 Å². The van der Waals surface area contributed by atoms with Crippen LogP contribution in [0.15, 0.2) is 48.5 Å². The van der Waals surface area contributed by atoms with Crippen LogP contribution in [-0.2, 0) is 14.3 Å². The third-order valence-electron chi connectivity index (χ3n) is 7.81. The second-order valence-corrected chi connectivity index (χ2v) is 9.94. The summed E-state index contributed by atoms with van der Waals surface area (Å²) in [7, 11) is 0. The van der Waals surface area contributed by atoms with E-state index >= 15 is 0 Å². The number of amides is 2. The number of carbonyl (C=O) groups is 3. The van der Waals surface area contributed by atoms with Crippen LogP contribution in [0.2, 0.25) is 0 Å². The Hall–Kier alpha value is -3.35. The zero-order valence-corrected chi connectivity index (χ0v) is 20.4. The van der Waals surface area contributed by atoms with Gasteiger partial charge >= 0.3 is 12.1 Å². The Labute approximate surface area is 206 Å². The first kappa shape index (κ1) is 24.8. The normalized spacial score (nSPS) is 17.3. The highest BCUT2D eigenvalue weighted by Gasteiger charge is 2.36. The molecule has 2 aromatic carbocycles. The van der Waals surface area contributed by atoms with Crippen molar-refractivity contribution in [1.82, 2.24) is 10.6 Å². The molecule has 0 aliphatic heterocycles. The van der Waals surface area contributed by atoms with Gasteiger partial charge < -0.3 is 20.5 Å². The number of carboxylic acid groups (broad SMARTS) is 1. The van der Waals surface area contributed by atoms with Gasteiger partial charge in [-0.2, -0.15) is 0 Å². The minimum absolute atomic E-state index is 0.0338. The Morgan fingerprint density at radius 3 is 2.14 bits per heavy atom. The zero-order valence-electron chi connectivity index (χ0n) is 20.4. The maximum atomic E-state index is 12.9. The molecule has 3 N–H and O–H groups in total. The van der Waals surface area contributed by atoms with Crippen molar-refractivity contribution in [3.63, 3.8) is 0 Å². The highest BCUT2D eigenvalue weighted by molar-refractivity contribution is 5.84. The Morgan fingerprint density at radius 1 is 1.03 bits per heavy atom. The van der Waals surface area contributed by atoms with Gasteiger partial charge in [0.05, 0.1) is 11.3 Å². The summed E-state index contributed by atoms with van der Waals surface area (Å²) < 4.78 is 5.58. The van der Waals surface area contributed by atoms with E-state index in [1.165, 1.54) is 0 Å². The molecular formula is C28H34N2O5. The molecule has 1 fully saturated rings. The van der Waals surface area contributed by atoms with Crippen molar-refractivity contribution >= 4 is 18.0 Å². The van der Waals surface area contributed by atoms with Gasteiger partial charge in [0.1, 0.15) is 6.61 Å². The molecule has 0 heterocycles. The van der Waals surface area contributed by atoms with Gasteiger partial charge in [-0.05, 0) is 54.4 Å². The SMILES string of the molecule is CCC(C)(CNC(=O)OCC1c2ccccc2-c2ccccc21)C(=O)NCC(C(=O)O)C1CCC1. The second-order valence-electron chi connectivity index (χ2n) is 9.94. The van der Waals surface area contributed by atoms with E-state index in [1.54, 1.807) is 6.92 Å². The van der Waals surface area contributed by atoms with Crippen LogP contribution in [0.5, 0.6) is 0 Å². The smallest absolute Gasteiger partial charge is 0.407 e. The van der Waals surface area contributed by atoms with Crippen LogP contribution in [0.4, 0.5) is 4.79 Å². The molecule has 0 radical (unpaired) electrons. The first-order valence-corrected chi connectivity index (χ1v) is 12.4. The summed E-state index contributed by atoms with van der Waals surface area (Å²) in [5, 5.41) is 15.1. The maximum absolute atomic E-state index is 12.9. The molecule has 0 bridgehead atoms. The van der Waals surface area contributed by atoms with Crippen molar-refractivity contribution < 1.29 is 24.2 Å². The summed E-state index contributed by atoms with van der Waals surface area (Å²) >= 11 is 0. The molecule has 2 unspecified atom stereocenters. The topological polar surface area (TPSA) is 105 Å². The van der Waals surface area contributed by atoms with Crippen LogP contribution in [0, 0.1) is 17.3 Å². The van der Waals surface area contributed by atoms with E-state index in [-0.39, 0.29) is 37.4 Å². The molecule has 35 heavy (non-hydrogen) atoms. The molecule has 2 amide bonds. The minimum atomic E-state index is -0.870. The summed E-state index contributed by atoms with van der Waals surface area (Å²) in [5.74, 6) is -1.61. The predicted molar refractivity (Wildman–Crippen MR) is 133 cm³/mol. The van der Waals surface area contributed by atoms with E-state index in [0.717, 1.165) is 41.5 Å². The molecule has 2 aromatic rings. The van der Waals surface area contributed by atoms with Gasteiger partial charge in [-0.25, -0.2) is 4.79 Å². The van der Waals surface area contributed by atoms with Crippen molar-refractivity contribution in [2.75, 3.05) is 19.7 Å². The van der Waals surface area contributed by atoms with Gasteiger partial charge in [0.25, 0.3) is 0 Å². The number of fused-ring (bicyclic) bond motifs is 3. The van der Waals surface area contributed by atoms with Gasteiger partial charge in [0.15, 0.2) is 0 Å². The summed E-state index contributed by atoms with van der Waals surface area (Å²) in [6.45, 7) is 4.06. The summed E-state index contributed by atoms with van der Waals surface area (Å²) in [6, 6.07) is 16.3. The summed E-state index contributed by atoms with van der Waals surface area (Å²) in [5.41, 5.74) is 3.73. The standard InChI is InChI=1S/C28H34N2O5/c1-3-28(2,26(33)29-15-23(25(31)32)18-9-8-10-18)17-30-27(34)35-16-24-21-13-6-4-11-19(21)20-12-5-7-14-22(20)24/h4-7,11-14,18,23-24H,3,8-10,15-17H2,1-2H3,(H,29,33)(H,30,34)(H,31,32). The zero-order chi connectivity index (χ0) is 25.0. The van der Waals surface area contributed by atoms with Gasteiger partial charge in [0.2, 0.25) is 5.91 Å². The molecule has 7 heteroatoms. The molecule has 7 nitrogen and oxygen atoms in total. The van der Waals surface area contributed by atoms with Crippen molar-refractivity contribution in [2.45, 2.75) is 45.4 Å². The van der Waals surface area contributed by atoms with Crippen LogP contribution >= 0.6 is 0 Å². The fraction of sp³-hybridized carbons (Fsp3) is 0.464. The largest absolute Gasteiger partial charge is 0.481 e. The number of alkyl carbamates (subject to hydrolysis) is 1. The number of aliphatic carboxylic acids is 1. The Bertz CT molecular complexity index is 1050. The lowest BCUT2D eigenvalue weighted by atomic mass is 9.75. The van der Waals surface area contributed by atoms with Crippen LogP contribution in [0.1, 0.15) is 56.6 Å². The Kier molecular flexibility index (Phi) is 7.43. The molecule has 2 aliphatic rings. The van der Waals surface area contributed by atoms with Gasteiger partial charge in [-0.15, -0.1) is 0 Å². The van der Waals surface area contributed by atoms with E-state index in [1.807, 2.05) is 31.2 Å². The second kappa shape index (κ2) is 10.5. The molecule has 0 spiro atoms. The Morgan fingerprint density at radius 2 is 1.63 bits per heavy atom. The van der Waals surface area contributed by atoms with Crippen LogP contribution in [-0.4, -0.2) is 42.8 Å². The average Bonchev–Trinajstić information content (AvgIpc) is 3.15. The first-order valence-electron chi connectivity index (χ1n) is 12.4. The van der Waals surface area contributed by atoms with E-state index < -0.39 is 23.4 Å². The van der Waals surface area contributed by atoms with Crippen molar-refractivity contribution in [3.8, 4) is 11.1 Å². The van der Waals surface area contributed by atoms with Crippen LogP contribution in [0.3, 0.4) is 0 Å². The number of rotatable bonds is 10. The quantitative estimate of drug-likeness (QED) is 0.464. The minimum Gasteiger partial charge on any atom is -0.481 e. The lowest BCUT2D eigenvalue weighted by Crippen LogP contribution is -2.49. The predicted octanol–water partition coefficient (Wildman–Crippen LogP) is 4.56. The number of ether oxygens (including phenoxy) is 1. The molecule has 2 aliphatic carbocycles. The van der Waals surface area contributed by atoms with E-state index in [4.69, 9.17) is 4.74 Å². The number of carboxylic acids is 1. The van der Waals surface area contributed by atoms with Crippen molar-refractivity contribution in [1.29, 1.82) is 0 Å². The highest BCUT2D eigenvalue weighted by Crippen LogP contribution is 2.44. The van der Waals surface area contributed by atoms with Gasteiger partial charge in [0, 0.05) is 19.0 Å². The molecule has 0 saturated heterocycles. The number of hydrogen-bond donors (Lipinski definition) is 3. The van der Waals surface area contributed by atoms with Crippen molar-refractivity contribution in [2.24, 2.45) is 17.3 Å². The fourth-order valence-electron chi connectivity index (χ4n) is 5.00. The maximum Gasteiger partial charge on any atom is 0.407 e. The van der Waals surface area contributed by atoms with E-state index in [0.29, 0.717) is 6.42 Å². The molecule has 2 atom stereocenters. The average molecular weight is 479 g/mol. The number of benzene rings is 2. The third-order valence-corrected chi connectivity index (χ3v) is 7.81. The summed E-state index contributed by atoms with van der Waals surface area (Å²) in [6.07, 6.45) is 2.74. The van der Waals surface area contributed by atoms with Gasteiger partial charge in [-0.1, -0.05) is 61.9 Å². The number of hydrogen-bond acceptors (Lipinski definition) is 4. The summed E-state index contributed by atoms with van der Waals surface area (Å²) in [4.78, 5) is 37.1. The number of carbonyl (C=O) groups excluding carboxylic acids is 2. The number of nitrogens with one attached hydrogen (secondary N) is 2. The lowest BCUT2D eigenvalue weighted by molar-refractivity contribution is -0.145. The molecule has 186 valence electrons. The highest BCUT2D eigenvalue weighted by atomic mass is 16.5. The molecular weight excluding hydrogens is 444 g/mol. The molecule has 0 aromatic heterocycles.